The number of Topliss-reactive ketones (excluding diaryl/α,β-unsaturated/α-hetero) is 1. The number of rotatable bonds is 7. The number of H-pyrrole nitrogens is 1. The van der Waals surface area contributed by atoms with Crippen LogP contribution >= 0.6 is 0 Å². The molecule has 3 aromatic rings. The van der Waals surface area contributed by atoms with Gasteiger partial charge in [-0.1, -0.05) is 6.07 Å². The number of benzene rings is 2. The quantitative estimate of drug-likeness (QED) is 0.523. The van der Waals surface area contributed by atoms with Gasteiger partial charge in [-0.05, 0) is 54.8 Å². The van der Waals surface area contributed by atoms with Crippen LogP contribution in [-0.4, -0.2) is 52.6 Å². The average Bonchev–Trinajstić information content (AvgIpc) is 3.30. The van der Waals surface area contributed by atoms with Gasteiger partial charge in [-0.2, -0.15) is 0 Å². The van der Waals surface area contributed by atoms with E-state index in [-0.39, 0.29) is 23.6 Å². The van der Waals surface area contributed by atoms with Gasteiger partial charge in [0.2, 0.25) is 0 Å². The molecular weight excluding hydrogens is 412 g/mol. The Bertz CT molecular complexity index is 1240. The predicted molar refractivity (Wildman–Crippen MR) is 118 cm³/mol. The van der Waals surface area contributed by atoms with Crippen molar-refractivity contribution >= 4 is 22.6 Å². The van der Waals surface area contributed by atoms with E-state index in [1.807, 2.05) is 24.4 Å². The molecule has 32 heavy (non-hydrogen) atoms. The van der Waals surface area contributed by atoms with Crippen molar-refractivity contribution in [3.63, 3.8) is 0 Å². The van der Waals surface area contributed by atoms with Crippen LogP contribution in [0.4, 0.5) is 0 Å². The number of aliphatic hydroxyl groups is 1. The lowest BCUT2D eigenvalue weighted by molar-refractivity contribution is -0.129. The third kappa shape index (κ3) is 3.53. The SMILES string of the molecule is COc1ccc2[nH]cc(CCN3C(=O)C(O)=C(C(C)=O)C3c3ccc(O)c(OC)c3)c2c1. The van der Waals surface area contributed by atoms with Crippen LogP contribution in [0.25, 0.3) is 10.9 Å². The number of aromatic nitrogens is 1. The van der Waals surface area contributed by atoms with Gasteiger partial charge < -0.3 is 29.6 Å². The van der Waals surface area contributed by atoms with Gasteiger partial charge in [-0.3, -0.25) is 9.59 Å². The molecule has 0 fully saturated rings. The molecule has 8 heteroatoms. The first-order chi connectivity index (χ1) is 15.3. The van der Waals surface area contributed by atoms with Crippen LogP contribution in [0.1, 0.15) is 24.1 Å². The van der Waals surface area contributed by atoms with Crippen LogP contribution in [0.3, 0.4) is 0 Å². The zero-order chi connectivity index (χ0) is 23.0. The van der Waals surface area contributed by atoms with Gasteiger partial charge >= 0.3 is 0 Å². The van der Waals surface area contributed by atoms with Crippen molar-refractivity contribution in [3.05, 3.63) is 65.1 Å². The first-order valence-electron chi connectivity index (χ1n) is 10.1. The number of methoxy groups -OCH3 is 2. The van der Waals surface area contributed by atoms with Gasteiger partial charge in [0.25, 0.3) is 5.91 Å². The molecule has 166 valence electrons. The third-order valence-electron chi connectivity index (χ3n) is 5.80. The molecule has 0 aliphatic carbocycles. The number of carbonyl (C=O) groups is 2. The van der Waals surface area contributed by atoms with Crippen LogP contribution in [-0.2, 0) is 16.0 Å². The topological polar surface area (TPSA) is 112 Å². The average molecular weight is 436 g/mol. The minimum Gasteiger partial charge on any atom is -0.504 e. The number of aromatic hydroxyl groups is 1. The van der Waals surface area contributed by atoms with E-state index in [0.29, 0.717) is 12.0 Å². The van der Waals surface area contributed by atoms with E-state index in [1.54, 1.807) is 19.2 Å². The fourth-order valence-corrected chi connectivity index (χ4v) is 4.19. The van der Waals surface area contributed by atoms with Gasteiger partial charge in [0.1, 0.15) is 5.75 Å². The fraction of sp³-hybridized carbons (Fsp3) is 0.250. The Labute approximate surface area is 184 Å². The molecule has 1 amide bonds. The van der Waals surface area contributed by atoms with E-state index >= 15 is 0 Å². The Morgan fingerprint density at radius 3 is 2.59 bits per heavy atom. The second-order valence-electron chi connectivity index (χ2n) is 7.63. The first-order valence-corrected chi connectivity index (χ1v) is 10.1. The lowest BCUT2D eigenvalue weighted by Gasteiger charge is -2.27. The number of ketones is 1. The third-order valence-corrected chi connectivity index (χ3v) is 5.80. The van der Waals surface area contributed by atoms with Crippen LogP contribution in [0.5, 0.6) is 17.2 Å². The highest BCUT2D eigenvalue weighted by Gasteiger charge is 2.42. The number of hydrogen-bond donors (Lipinski definition) is 3. The summed E-state index contributed by atoms with van der Waals surface area (Å²) < 4.78 is 10.5. The largest absolute Gasteiger partial charge is 0.504 e. The molecule has 1 aromatic heterocycles. The molecular formula is C24H24N2O6. The number of phenols is 1. The molecule has 1 aliphatic heterocycles. The van der Waals surface area contributed by atoms with Crippen molar-refractivity contribution < 1.29 is 29.3 Å². The molecule has 1 atom stereocenters. The van der Waals surface area contributed by atoms with Gasteiger partial charge in [0, 0.05) is 23.6 Å². The number of nitrogens with one attached hydrogen (secondary N) is 1. The standard InChI is InChI=1S/C24H24N2O6/c1-13(27)21-22(14-4-7-19(28)20(10-14)32-3)26(24(30)23(21)29)9-8-15-12-25-18-6-5-16(31-2)11-17(15)18/h4-7,10-12,22,25,28-29H,8-9H2,1-3H3. The zero-order valence-corrected chi connectivity index (χ0v) is 18.0. The molecule has 0 saturated carbocycles. The van der Waals surface area contributed by atoms with Crippen molar-refractivity contribution in [3.8, 4) is 17.2 Å². The van der Waals surface area contributed by atoms with Crippen LogP contribution in [0.2, 0.25) is 0 Å². The van der Waals surface area contributed by atoms with Crippen molar-refractivity contribution in [2.45, 2.75) is 19.4 Å². The number of amides is 1. The summed E-state index contributed by atoms with van der Waals surface area (Å²) in [6, 6.07) is 9.54. The number of ether oxygens (including phenoxy) is 2. The van der Waals surface area contributed by atoms with Crippen LogP contribution in [0.15, 0.2) is 53.9 Å². The van der Waals surface area contributed by atoms with E-state index in [0.717, 1.165) is 22.2 Å². The summed E-state index contributed by atoms with van der Waals surface area (Å²) >= 11 is 0. The number of nitrogens with zero attached hydrogens (tertiary/aromatic N) is 1. The number of fused-ring (bicyclic) bond motifs is 1. The molecule has 0 saturated heterocycles. The van der Waals surface area contributed by atoms with Crippen molar-refractivity contribution in [1.82, 2.24) is 9.88 Å². The van der Waals surface area contributed by atoms with Crippen molar-refractivity contribution in [1.29, 1.82) is 0 Å². The Balaban J connectivity index is 1.69. The summed E-state index contributed by atoms with van der Waals surface area (Å²) in [7, 11) is 3.02. The number of phenolic OH excluding ortho intramolecular Hbond substituents is 1. The lowest BCUT2D eigenvalue weighted by Crippen LogP contribution is -2.32. The molecule has 4 rings (SSSR count). The van der Waals surface area contributed by atoms with E-state index < -0.39 is 23.5 Å². The Morgan fingerprint density at radius 1 is 1.12 bits per heavy atom. The minimum absolute atomic E-state index is 0.0309. The second-order valence-corrected chi connectivity index (χ2v) is 7.63. The van der Waals surface area contributed by atoms with E-state index in [2.05, 4.69) is 4.98 Å². The number of hydrogen-bond acceptors (Lipinski definition) is 6. The highest BCUT2D eigenvalue weighted by molar-refractivity contribution is 6.08. The molecule has 0 spiro atoms. The smallest absolute Gasteiger partial charge is 0.290 e. The highest BCUT2D eigenvalue weighted by Crippen LogP contribution is 2.40. The highest BCUT2D eigenvalue weighted by atomic mass is 16.5. The molecule has 0 bridgehead atoms. The maximum atomic E-state index is 12.9. The number of carbonyl (C=O) groups excluding carboxylic acids is 2. The summed E-state index contributed by atoms with van der Waals surface area (Å²) in [5.74, 6) is -0.666. The normalized spacial score (nSPS) is 16.2. The maximum absolute atomic E-state index is 12.9. The summed E-state index contributed by atoms with van der Waals surface area (Å²) in [6.07, 6.45) is 2.37. The predicted octanol–water partition coefficient (Wildman–Crippen LogP) is 3.42. The molecule has 8 nitrogen and oxygen atoms in total. The summed E-state index contributed by atoms with van der Waals surface area (Å²) in [4.78, 5) is 29.9. The fourth-order valence-electron chi connectivity index (χ4n) is 4.19. The molecule has 0 radical (unpaired) electrons. The van der Waals surface area contributed by atoms with Crippen molar-refractivity contribution in [2.24, 2.45) is 0 Å². The van der Waals surface area contributed by atoms with E-state index in [9.17, 15) is 19.8 Å². The summed E-state index contributed by atoms with van der Waals surface area (Å²) in [5.41, 5.74) is 2.51. The van der Waals surface area contributed by atoms with Gasteiger partial charge in [-0.25, -0.2) is 0 Å². The van der Waals surface area contributed by atoms with Crippen LogP contribution < -0.4 is 9.47 Å². The van der Waals surface area contributed by atoms with Crippen LogP contribution in [0, 0.1) is 0 Å². The first kappa shape index (κ1) is 21.3. The Kier molecular flexibility index (Phi) is 5.52. The molecule has 3 N–H and O–H groups in total. The Morgan fingerprint density at radius 2 is 1.91 bits per heavy atom. The molecule has 2 heterocycles. The summed E-state index contributed by atoms with van der Waals surface area (Å²) in [5, 5.41) is 21.4. The monoisotopic (exact) mass is 436 g/mol. The minimum atomic E-state index is -0.783. The number of aromatic amines is 1. The molecule has 1 unspecified atom stereocenters. The zero-order valence-electron chi connectivity index (χ0n) is 18.0. The van der Waals surface area contributed by atoms with Gasteiger partial charge in [0.15, 0.2) is 23.0 Å². The molecule has 2 aromatic carbocycles. The van der Waals surface area contributed by atoms with Crippen molar-refractivity contribution in [2.75, 3.05) is 20.8 Å². The summed E-state index contributed by atoms with van der Waals surface area (Å²) in [6.45, 7) is 1.58. The maximum Gasteiger partial charge on any atom is 0.290 e. The second kappa shape index (κ2) is 8.30. The Hall–Kier alpha value is -3.94. The van der Waals surface area contributed by atoms with E-state index in [4.69, 9.17) is 9.47 Å². The van der Waals surface area contributed by atoms with E-state index in [1.165, 1.54) is 25.0 Å². The number of aliphatic hydroxyl groups excluding tert-OH is 1. The lowest BCUT2D eigenvalue weighted by atomic mass is 9.96. The van der Waals surface area contributed by atoms with Gasteiger partial charge in [-0.15, -0.1) is 0 Å². The van der Waals surface area contributed by atoms with Gasteiger partial charge in [0.05, 0.1) is 25.8 Å². The molecule has 1 aliphatic rings.